The summed E-state index contributed by atoms with van der Waals surface area (Å²) in [5.74, 6) is 0.909. The van der Waals surface area contributed by atoms with Gasteiger partial charge < -0.3 is 4.74 Å². The fourth-order valence-corrected chi connectivity index (χ4v) is 3.72. The Morgan fingerprint density at radius 1 is 1.26 bits per heavy atom. The molecule has 0 unspecified atom stereocenters. The molecule has 0 amide bonds. The minimum absolute atomic E-state index is 0.909. The second kappa shape index (κ2) is 6.18. The largest absolute Gasteiger partial charge is 0.497 e. The number of methoxy groups -OCH3 is 1. The van der Waals surface area contributed by atoms with Gasteiger partial charge in [-0.1, -0.05) is 18.2 Å². The summed E-state index contributed by atoms with van der Waals surface area (Å²) < 4.78 is 7.32. The fourth-order valence-electron chi connectivity index (χ4n) is 3.00. The number of aromatic nitrogens is 2. The summed E-state index contributed by atoms with van der Waals surface area (Å²) >= 11 is 1.68. The molecule has 4 rings (SSSR count). The van der Waals surface area contributed by atoms with Crippen LogP contribution < -0.4 is 4.74 Å². The van der Waals surface area contributed by atoms with Crippen LogP contribution in [0.25, 0.3) is 10.5 Å². The highest BCUT2D eigenvalue weighted by Crippen LogP contribution is 2.25. The van der Waals surface area contributed by atoms with Gasteiger partial charge in [-0.05, 0) is 29.7 Å². The van der Waals surface area contributed by atoms with Gasteiger partial charge in [0, 0.05) is 37.4 Å². The van der Waals surface area contributed by atoms with Crippen molar-refractivity contribution in [2.24, 2.45) is 0 Å². The van der Waals surface area contributed by atoms with Gasteiger partial charge >= 0.3 is 0 Å². The van der Waals surface area contributed by atoms with E-state index in [9.17, 15) is 0 Å². The van der Waals surface area contributed by atoms with E-state index in [1.165, 1.54) is 11.1 Å². The van der Waals surface area contributed by atoms with Crippen LogP contribution in [0.15, 0.2) is 48.1 Å². The van der Waals surface area contributed by atoms with E-state index in [-0.39, 0.29) is 0 Å². The van der Waals surface area contributed by atoms with Gasteiger partial charge in [0.15, 0.2) is 4.96 Å². The molecule has 0 saturated heterocycles. The van der Waals surface area contributed by atoms with Crippen molar-refractivity contribution < 1.29 is 4.74 Å². The maximum Gasteiger partial charge on any atom is 0.193 e. The summed E-state index contributed by atoms with van der Waals surface area (Å²) in [6.45, 7) is 2.97. The first kappa shape index (κ1) is 14.5. The van der Waals surface area contributed by atoms with Crippen LogP contribution in [0.5, 0.6) is 5.75 Å². The van der Waals surface area contributed by atoms with Crippen LogP contribution in [0.2, 0.25) is 0 Å². The Morgan fingerprint density at radius 3 is 2.83 bits per heavy atom. The average molecular weight is 325 g/mol. The highest BCUT2D eigenvalue weighted by Gasteiger charge is 2.15. The third kappa shape index (κ3) is 3.02. The minimum atomic E-state index is 0.909. The van der Waals surface area contributed by atoms with Gasteiger partial charge in [0.2, 0.25) is 0 Å². The molecule has 3 heterocycles. The number of ether oxygens (including phenoxy) is 1. The lowest BCUT2D eigenvalue weighted by Gasteiger charge is -2.25. The van der Waals surface area contributed by atoms with E-state index >= 15 is 0 Å². The average Bonchev–Trinajstić information content (AvgIpc) is 3.17. The number of rotatable bonds is 4. The van der Waals surface area contributed by atoms with E-state index in [1.54, 1.807) is 18.4 Å². The van der Waals surface area contributed by atoms with Gasteiger partial charge in [0.05, 0.1) is 12.8 Å². The molecule has 23 heavy (non-hydrogen) atoms. The molecule has 0 saturated carbocycles. The number of imidazole rings is 1. The summed E-state index contributed by atoms with van der Waals surface area (Å²) in [6.07, 6.45) is 7.61. The van der Waals surface area contributed by atoms with Crippen molar-refractivity contribution >= 4 is 21.9 Å². The van der Waals surface area contributed by atoms with E-state index in [2.05, 4.69) is 50.3 Å². The molecular weight excluding hydrogens is 306 g/mol. The SMILES string of the molecule is COc1ccc(C2=CCN(Cc3cn4ccsc4n3)CC2)cc1. The first-order valence-electron chi connectivity index (χ1n) is 7.79. The van der Waals surface area contributed by atoms with Crippen LogP contribution in [-0.4, -0.2) is 34.5 Å². The number of hydrogen-bond acceptors (Lipinski definition) is 4. The molecule has 0 aliphatic carbocycles. The number of benzene rings is 1. The second-order valence-electron chi connectivity index (χ2n) is 5.77. The molecule has 2 aromatic heterocycles. The first-order valence-corrected chi connectivity index (χ1v) is 8.67. The standard InChI is InChI=1S/C18H19N3OS/c1-22-17-4-2-14(3-5-17)15-6-8-20(9-7-15)12-16-13-21-10-11-23-18(21)19-16/h2-6,10-11,13H,7-9,12H2,1H3. The molecule has 118 valence electrons. The van der Waals surface area contributed by atoms with Crippen molar-refractivity contribution in [2.75, 3.05) is 20.2 Å². The molecule has 0 fully saturated rings. The van der Waals surface area contributed by atoms with E-state index in [4.69, 9.17) is 4.74 Å². The zero-order valence-electron chi connectivity index (χ0n) is 13.1. The minimum Gasteiger partial charge on any atom is -0.497 e. The molecule has 3 aromatic rings. The number of thiazole rings is 1. The lowest BCUT2D eigenvalue weighted by Crippen LogP contribution is -2.28. The molecule has 4 nitrogen and oxygen atoms in total. The summed E-state index contributed by atoms with van der Waals surface area (Å²) in [5, 5.41) is 2.07. The third-order valence-corrected chi connectivity index (χ3v) is 5.05. The Hall–Kier alpha value is -2.11. The lowest BCUT2D eigenvalue weighted by atomic mass is 9.99. The quantitative estimate of drug-likeness (QED) is 0.733. The van der Waals surface area contributed by atoms with Gasteiger partial charge in [-0.2, -0.15) is 0 Å². The number of nitrogens with zero attached hydrogens (tertiary/aromatic N) is 3. The molecule has 0 radical (unpaired) electrons. The summed E-state index contributed by atoms with van der Waals surface area (Å²) in [5.41, 5.74) is 3.88. The lowest BCUT2D eigenvalue weighted by molar-refractivity contribution is 0.291. The number of hydrogen-bond donors (Lipinski definition) is 0. The molecule has 1 aliphatic heterocycles. The van der Waals surface area contributed by atoms with Gasteiger partial charge in [-0.25, -0.2) is 4.98 Å². The van der Waals surface area contributed by atoms with Crippen LogP contribution in [0.4, 0.5) is 0 Å². The smallest absolute Gasteiger partial charge is 0.193 e. The monoisotopic (exact) mass is 325 g/mol. The first-order chi connectivity index (χ1) is 11.3. The Balaban J connectivity index is 1.42. The Labute approximate surface area is 139 Å². The molecular formula is C18H19N3OS. The van der Waals surface area contributed by atoms with Gasteiger partial charge in [0.1, 0.15) is 5.75 Å². The van der Waals surface area contributed by atoms with Crippen LogP contribution in [-0.2, 0) is 6.54 Å². The maximum atomic E-state index is 5.22. The molecule has 0 N–H and O–H groups in total. The summed E-state index contributed by atoms with van der Waals surface area (Å²) in [6, 6.07) is 8.34. The van der Waals surface area contributed by atoms with Gasteiger partial charge in [-0.3, -0.25) is 9.30 Å². The predicted molar refractivity (Wildman–Crippen MR) is 93.9 cm³/mol. The summed E-state index contributed by atoms with van der Waals surface area (Å²) in [7, 11) is 1.70. The second-order valence-corrected chi connectivity index (χ2v) is 6.64. The molecule has 0 atom stereocenters. The maximum absolute atomic E-state index is 5.22. The molecule has 1 aliphatic rings. The topological polar surface area (TPSA) is 29.8 Å². The van der Waals surface area contributed by atoms with Crippen molar-refractivity contribution in [2.45, 2.75) is 13.0 Å². The molecule has 0 spiro atoms. The normalized spacial score (nSPS) is 15.8. The van der Waals surface area contributed by atoms with E-state index in [0.717, 1.165) is 42.5 Å². The van der Waals surface area contributed by atoms with E-state index in [1.807, 2.05) is 12.1 Å². The Bertz CT molecular complexity index is 803. The highest BCUT2D eigenvalue weighted by atomic mass is 32.1. The van der Waals surface area contributed by atoms with Crippen molar-refractivity contribution in [3.05, 3.63) is 59.4 Å². The van der Waals surface area contributed by atoms with Crippen molar-refractivity contribution in [1.82, 2.24) is 14.3 Å². The van der Waals surface area contributed by atoms with Crippen molar-refractivity contribution in [1.29, 1.82) is 0 Å². The molecule has 0 bridgehead atoms. The van der Waals surface area contributed by atoms with Crippen LogP contribution in [0.1, 0.15) is 17.7 Å². The number of fused-ring (bicyclic) bond motifs is 1. The van der Waals surface area contributed by atoms with Crippen LogP contribution in [0.3, 0.4) is 0 Å². The van der Waals surface area contributed by atoms with Gasteiger partial charge in [0.25, 0.3) is 0 Å². The highest BCUT2D eigenvalue weighted by molar-refractivity contribution is 7.15. The fraction of sp³-hybridized carbons (Fsp3) is 0.278. The molecule has 1 aromatic carbocycles. The zero-order chi connectivity index (χ0) is 15.6. The van der Waals surface area contributed by atoms with E-state index < -0.39 is 0 Å². The van der Waals surface area contributed by atoms with Gasteiger partial charge in [-0.15, -0.1) is 11.3 Å². The zero-order valence-corrected chi connectivity index (χ0v) is 13.9. The predicted octanol–water partition coefficient (Wildman–Crippen LogP) is 3.69. The Kier molecular flexibility index (Phi) is 3.89. The van der Waals surface area contributed by atoms with E-state index in [0.29, 0.717) is 0 Å². The molecule has 5 heteroatoms. The van der Waals surface area contributed by atoms with Crippen molar-refractivity contribution in [3.8, 4) is 5.75 Å². The van der Waals surface area contributed by atoms with Crippen molar-refractivity contribution in [3.63, 3.8) is 0 Å². The van der Waals surface area contributed by atoms with Crippen LogP contribution in [0, 0.1) is 0 Å². The Morgan fingerprint density at radius 2 is 2.13 bits per heavy atom. The van der Waals surface area contributed by atoms with Crippen LogP contribution >= 0.6 is 11.3 Å². The summed E-state index contributed by atoms with van der Waals surface area (Å²) in [4.78, 5) is 8.19. The third-order valence-electron chi connectivity index (χ3n) is 4.28.